The van der Waals surface area contributed by atoms with Crippen LogP contribution in [0.4, 0.5) is 0 Å². The van der Waals surface area contributed by atoms with E-state index < -0.39 is 6.04 Å². The van der Waals surface area contributed by atoms with Gasteiger partial charge in [0.2, 0.25) is 11.8 Å². The second kappa shape index (κ2) is 9.95. The van der Waals surface area contributed by atoms with Crippen molar-refractivity contribution in [2.45, 2.75) is 67.3 Å². The summed E-state index contributed by atoms with van der Waals surface area (Å²) in [5.74, 6) is 0.424. The minimum Gasteiger partial charge on any atom is -0.400 e. The Kier molecular flexibility index (Phi) is 9.41. The van der Waals surface area contributed by atoms with Crippen LogP contribution in [0.2, 0.25) is 0 Å². The van der Waals surface area contributed by atoms with Crippen LogP contribution in [0.25, 0.3) is 0 Å². The Bertz CT molecular complexity index is 464. The third-order valence-electron chi connectivity index (χ3n) is 4.86. The van der Waals surface area contributed by atoms with Crippen molar-refractivity contribution in [1.82, 2.24) is 10.2 Å². The summed E-state index contributed by atoms with van der Waals surface area (Å²) in [4.78, 5) is 27.1. The number of carbonyl (C=O) groups is 2. The number of nitrogens with zero attached hydrogens (tertiary/aromatic N) is 1. The zero-order valence-corrected chi connectivity index (χ0v) is 17.3. The lowest BCUT2D eigenvalue weighted by atomic mass is 9.83. The molecule has 0 aromatic heterocycles. The second-order valence-corrected chi connectivity index (χ2v) is 8.56. The average Bonchev–Trinajstić information content (AvgIpc) is 2.79. The van der Waals surface area contributed by atoms with E-state index in [1.165, 1.54) is 0 Å². The van der Waals surface area contributed by atoms with E-state index in [2.05, 4.69) is 26.1 Å². The first-order valence-corrected chi connectivity index (χ1v) is 9.17. The summed E-state index contributed by atoms with van der Waals surface area (Å²) in [6, 6.07) is -0.480. The van der Waals surface area contributed by atoms with Gasteiger partial charge in [-0.25, -0.2) is 0 Å². The van der Waals surface area contributed by atoms with Crippen LogP contribution < -0.4 is 5.32 Å². The van der Waals surface area contributed by atoms with Crippen LogP contribution in [0.1, 0.15) is 61.3 Å². The van der Waals surface area contributed by atoms with E-state index in [9.17, 15) is 9.59 Å². The molecule has 0 spiro atoms. The number of hydrogen-bond acceptors (Lipinski definition) is 3. The van der Waals surface area contributed by atoms with Crippen LogP contribution in [0.3, 0.4) is 0 Å². The lowest BCUT2D eigenvalue weighted by Gasteiger charge is -2.34. The number of aliphatic hydroxyl groups is 1. The third-order valence-corrected chi connectivity index (χ3v) is 4.86. The van der Waals surface area contributed by atoms with Gasteiger partial charge in [-0.3, -0.25) is 9.59 Å². The molecule has 2 atom stereocenters. The second-order valence-electron chi connectivity index (χ2n) is 8.56. The highest BCUT2D eigenvalue weighted by molar-refractivity contribution is 5.89. The molecule has 0 aromatic rings. The molecule has 5 nitrogen and oxygen atoms in total. The minimum absolute atomic E-state index is 0.0442. The molecular formula is C20H38N2O3. The number of nitrogens with one attached hydrogen (secondary N) is 1. The van der Waals surface area contributed by atoms with Gasteiger partial charge < -0.3 is 15.3 Å². The summed E-state index contributed by atoms with van der Waals surface area (Å²) in [7, 11) is 1.00. The van der Waals surface area contributed by atoms with Crippen molar-refractivity contribution in [3.05, 3.63) is 12.2 Å². The zero-order chi connectivity index (χ0) is 19.8. The fraction of sp³-hybridized carbons (Fsp3) is 0.800. The van der Waals surface area contributed by atoms with Crippen molar-refractivity contribution in [2.75, 3.05) is 20.2 Å². The summed E-state index contributed by atoms with van der Waals surface area (Å²) >= 11 is 0. The van der Waals surface area contributed by atoms with Crippen LogP contribution in [0, 0.1) is 16.7 Å². The van der Waals surface area contributed by atoms with Gasteiger partial charge in [0.15, 0.2) is 0 Å². The van der Waals surface area contributed by atoms with E-state index in [0.29, 0.717) is 12.3 Å². The van der Waals surface area contributed by atoms with Crippen LogP contribution in [0.5, 0.6) is 0 Å². The molecule has 25 heavy (non-hydrogen) atoms. The molecule has 2 unspecified atom stereocenters. The third kappa shape index (κ3) is 7.18. The number of aliphatic hydroxyl groups excluding tert-OH is 1. The molecule has 2 amide bonds. The Labute approximate surface area is 153 Å². The van der Waals surface area contributed by atoms with Gasteiger partial charge in [0.05, 0.1) is 0 Å². The van der Waals surface area contributed by atoms with Crippen molar-refractivity contribution in [2.24, 2.45) is 16.7 Å². The number of likely N-dealkylation sites (tertiary alicyclic amines) is 1. The van der Waals surface area contributed by atoms with E-state index in [0.717, 1.165) is 26.6 Å². The standard InChI is InChI=1S/C19H34N2O2.CH4O/c1-8-9-10-11-15(22)20-16(18(3,4)5)17(23)21-12-14(2)19(6,7)13-21;1-2/h9-10,14,16H,8,11-13H2,1-7H3,(H,20,22);2H,1H3/b10-9-;. The molecular weight excluding hydrogens is 316 g/mol. The molecule has 0 saturated carbocycles. The van der Waals surface area contributed by atoms with Gasteiger partial charge in [0, 0.05) is 26.6 Å². The molecule has 1 saturated heterocycles. The lowest BCUT2D eigenvalue weighted by molar-refractivity contribution is -0.138. The molecule has 1 rings (SSSR count). The molecule has 146 valence electrons. The molecule has 1 heterocycles. The number of amides is 2. The van der Waals surface area contributed by atoms with Crippen LogP contribution in [-0.2, 0) is 9.59 Å². The zero-order valence-electron chi connectivity index (χ0n) is 17.3. The SMILES string of the molecule is CC/C=C\CC(=O)NC(C(=O)N1CC(C)C(C)(C)C1)C(C)(C)C.CO. The number of rotatable bonds is 5. The predicted molar refractivity (Wildman–Crippen MR) is 103 cm³/mol. The molecule has 2 N–H and O–H groups in total. The highest BCUT2D eigenvalue weighted by atomic mass is 16.2. The maximum absolute atomic E-state index is 13.0. The smallest absolute Gasteiger partial charge is 0.245 e. The monoisotopic (exact) mass is 354 g/mol. The molecule has 0 radical (unpaired) electrons. The Morgan fingerprint density at radius 3 is 2.24 bits per heavy atom. The van der Waals surface area contributed by atoms with Crippen molar-refractivity contribution in [1.29, 1.82) is 0 Å². The van der Waals surface area contributed by atoms with E-state index in [-0.39, 0.29) is 22.6 Å². The number of hydrogen-bond donors (Lipinski definition) is 2. The summed E-state index contributed by atoms with van der Waals surface area (Å²) < 4.78 is 0. The van der Waals surface area contributed by atoms with Gasteiger partial charge in [-0.1, -0.05) is 60.6 Å². The molecule has 1 aliphatic rings. The Hall–Kier alpha value is -1.36. The maximum Gasteiger partial charge on any atom is 0.245 e. The topological polar surface area (TPSA) is 69.6 Å². The maximum atomic E-state index is 13.0. The Balaban J connectivity index is 0.00000277. The highest BCUT2D eigenvalue weighted by Crippen LogP contribution is 2.36. The van der Waals surface area contributed by atoms with E-state index in [1.807, 2.05) is 44.7 Å². The van der Waals surface area contributed by atoms with E-state index in [1.54, 1.807) is 0 Å². The molecule has 1 fully saturated rings. The van der Waals surface area contributed by atoms with Gasteiger partial charge >= 0.3 is 0 Å². The lowest BCUT2D eigenvalue weighted by Crippen LogP contribution is -2.54. The van der Waals surface area contributed by atoms with Crippen LogP contribution in [-0.4, -0.2) is 48.1 Å². The number of allylic oxidation sites excluding steroid dienone is 1. The Morgan fingerprint density at radius 2 is 1.84 bits per heavy atom. The van der Waals surface area contributed by atoms with Gasteiger partial charge in [-0.05, 0) is 23.2 Å². The summed E-state index contributed by atoms with van der Waals surface area (Å²) in [6.07, 6.45) is 5.07. The fourth-order valence-corrected chi connectivity index (χ4v) is 2.87. The van der Waals surface area contributed by atoms with E-state index in [4.69, 9.17) is 5.11 Å². The molecule has 0 aromatic carbocycles. The average molecular weight is 355 g/mol. The molecule has 1 aliphatic heterocycles. The predicted octanol–water partition coefficient (Wildman–Crippen LogP) is 2.99. The fourth-order valence-electron chi connectivity index (χ4n) is 2.87. The molecule has 0 aliphatic carbocycles. The van der Waals surface area contributed by atoms with Crippen molar-refractivity contribution in [3.8, 4) is 0 Å². The van der Waals surface area contributed by atoms with Gasteiger partial charge in [-0.15, -0.1) is 0 Å². The van der Waals surface area contributed by atoms with Crippen molar-refractivity contribution < 1.29 is 14.7 Å². The first-order valence-electron chi connectivity index (χ1n) is 9.17. The highest BCUT2D eigenvalue weighted by Gasteiger charge is 2.43. The first-order chi connectivity index (χ1) is 11.5. The van der Waals surface area contributed by atoms with Gasteiger partial charge in [0.25, 0.3) is 0 Å². The summed E-state index contributed by atoms with van der Waals surface area (Å²) in [6.45, 7) is 16.2. The van der Waals surface area contributed by atoms with Crippen LogP contribution in [0.15, 0.2) is 12.2 Å². The van der Waals surface area contributed by atoms with Crippen LogP contribution >= 0.6 is 0 Å². The largest absolute Gasteiger partial charge is 0.400 e. The van der Waals surface area contributed by atoms with Crippen molar-refractivity contribution >= 4 is 11.8 Å². The van der Waals surface area contributed by atoms with Gasteiger partial charge in [-0.2, -0.15) is 0 Å². The van der Waals surface area contributed by atoms with E-state index >= 15 is 0 Å². The Morgan fingerprint density at radius 1 is 1.28 bits per heavy atom. The molecule has 0 bridgehead atoms. The van der Waals surface area contributed by atoms with Crippen molar-refractivity contribution in [3.63, 3.8) is 0 Å². The minimum atomic E-state index is -0.480. The normalized spacial score (nSPS) is 20.8. The first kappa shape index (κ1) is 23.6. The summed E-state index contributed by atoms with van der Waals surface area (Å²) in [5.41, 5.74) is -0.177. The van der Waals surface area contributed by atoms with Gasteiger partial charge in [0.1, 0.15) is 6.04 Å². The molecule has 5 heteroatoms. The quantitative estimate of drug-likeness (QED) is 0.746. The summed E-state index contributed by atoms with van der Waals surface area (Å²) in [5, 5.41) is 9.95. The number of carbonyl (C=O) groups excluding carboxylic acids is 2.